The molecule has 0 bridgehead atoms. The van der Waals surface area contributed by atoms with Gasteiger partial charge in [-0.3, -0.25) is 4.79 Å². The van der Waals surface area contributed by atoms with Crippen LogP contribution in [0.4, 0.5) is 0 Å². The van der Waals surface area contributed by atoms with Crippen LogP contribution in [-0.4, -0.2) is 42.7 Å². The number of ether oxygens (including phenoxy) is 2. The van der Waals surface area contributed by atoms with Gasteiger partial charge in [0.2, 0.25) is 0 Å². The maximum absolute atomic E-state index is 12.3. The molecule has 3 aromatic carbocycles. The highest BCUT2D eigenvalue weighted by molar-refractivity contribution is 5.80. The molecule has 5 rings (SSSR count). The van der Waals surface area contributed by atoms with Crippen LogP contribution in [0.5, 0.6) is 40.2 Å². The Labute approximate surface area is 187 Å². The van der Waals surface area contributed by atoms with E-state index in [4.69, 9.17) is 9.47 Å². The second kappa shape index (κ2) is 7.49. The molecule has 0 unspecified atom stereocenters. The molecule has 2 aliphatic heterocycles. The van der Waals surface area contributed by atoms with Crippen molar-refractivity contribution in [1.82, 2.24) is 0 Å². The summed E-state index contributed by atoms with van der Waals surface area (Å²) < 4.78 is 11.5. The lowest BCUT2D eigenvalue weighted by atomic mass is 9.82. The minimum atomic E-state index is -1.08. The molecule has 0 fully saturated rings. The first-order valence-electron chi connectivity index (χ1n) is 10.2. The number of rotatable bonds is 2. The van der Waals surface area contributed by atoms with Gasteiger partial charge in [0, 0.05) is 29.5 Å². The highest BCUT2D eigenvalue weighted by Crippen LogP contribution is 2.52. The summed E-state index contributed by atoms with van der Waals surface area (Å²) >= 11 is 0. The zero-order valence-electron chi connectivity index (χ0n) is 17.1. The average Bonchev–Trinajstić information content (AvgIpc) is 2.77. The molecule has 2 aliphatic rings. The minimum absolute atomic E-state index is 0.0161. The molecule has 0 saturated carbocycles. The fraction of sp³-hybridized carbons (Fsp3) is 0.208. The second-order valence-corrected chi connectivity index (χ2v) is 8.15. The molecule has 0 saturated heterocycles. The largest absolute Gasteiger partial charge is 0.507 e. The van der Waals surface area contributed by atoms with Crippen LogP contribution in [-0.2, 0) is 11.2 Å². The summed E-state index contributed by atoms with van der Waals surface area (Å²) in [5, 5.41) is 60.5. The topological polar surface area (TPSA) is 157 Å². The molecule has 3 atom stereocenters. The van der Waals surface area contributed by atoms with Gasteiger partial charge in [-0.15, -0.1) is 0 Å². The first-order chi connectivity index (χ1) is 15.7. The number of aliphatic hydroxyl groups is 1. The van der Waals surface area contributed by atoms with Crippen LogP contribution in [0.25, 0.3) is 0 Å². The summed E-state index contributed by atoms with van der Waals surface area (Å²) in [5.41, 5.74) is 1.69. The second-order valence-electron chi connectivity index (χ2n) is 8.15. The maximum atomic E-state index is 12.3. The Balaban J connectivity index is 1.66. The lowest BCUT2D eigenvalue weighted by Crippen LogP contribution is -2.32. The van der Waals surface area contributed by atoms with Crippen LogP contribution < -0.4 is 9.47 Å². The van der Waals surface area contributed by atoms with Crippen molar-refractivity contribution >= 4 is 5.97 Å². The molecule has 6 N–H and O–H groups in total. The van der Waals surface area contributed by atoms with E-state index in [0.717, 1.165) is 0 Å². The molecule has 9 nitrogen and oxygen atoms in total. The number of esters is 1. The van der Waals surface area contributed by atoms with Crippen molar-refractivity contribution < 1.29 is 44.9 Å². The van der Waals surface area contributed by atoms with Gasteiger partial charge in [0.25, 0.3) is 0 Å². The average molecular weight is 452 g/mol. The van der Waals surface area contributed by atoms with Gasteiger partial charge < -0.3 is 40.1 Å². The third-order valence-electron chi connectivity index (χ3n) is 6.04. The zero-order chi connectivity index (χ0) is 23.4. The summed E-state index contributed by atoms with van der Waals surface area (Å²) in [5.74, 6) is -2.43. The van der Waals surface area contributed by atoms with E-state index in [9.17, 15) is 35.4 Å². The standard InChI is InChI=1S/C24H20O9/c25-14-3-1-10(5-17(14)28)12-8-21(31)32-20-9-16(27)13-7-19(30)23(33-24(13)22(12)20)11-2-4-15(26)18(29)6-11/h1-6,9,12,19,23,25-30H,7-8H2/t12-,19+,23+/m0/s1. The van der Waals surface area contributed by atoms with Crippen molar-refractivity contribution in [2.75, 3.05) is 0 Å². The van der Waals surface area contributed by atoms with Crippen molar-refractivity contribution in [2.24, 2.45) is 0 Å². The van der Waals surface area contributed by atoms with Crippen LogP contribution in [0.15, 0.2) is 42.5 Å². The van der Waals surface area contributed by atoms with E-state index in [0.29, 0.717) is 22.3 Å². The molecule has 0 spiro atoms. The summed E-state index contributed by atoms with van der Waals surface area (Å²) in [6.07, 6.45) is -2.08. The predicted molar refractivity (Wildman–Crippen MR) is 113 cm³/mol. The van der Waals surface area contributed by atoms with Gasteiger partial charge in [-0.1, -0.05) is 12.1 Å². The number of hydrogen-bond acceptors (Lipinski definition) is 9. The van der Waals surface area contributed by atoms with E-state index in [-0.39, 0.29) is 53.1 Å². The van der Waals surface area contributed by atoms with E-state index >= 15 is 0 Å². The molecule has 0 aliphatic carbocycles. The molecule has 0 radical (unpaired) electrons. The van der Waals surface area contributed by atoms with Gasteiger partial charge in [0.15, 0.2) is 23.0 Å². The van der Waals surface area contributed by atoms with Crippen LogP contribution in [0.1, 0.15) is 40.7 Å². The first-order valence-corrected chi connectivity index (χ1v) is 10.2. The third-order valence-corrected chi connectivity index (χ3v) is 6.04. The van der Waals surface area contributed by atoms with Crippen LogP contribution in [0, 0.1) is 0 Å². The van der Waals surface area contributed by atoms with Gasteiger partial charge in [0.1, 0.15) is 23.4 Å². The van der Waals surface area contributed by atoms with E-state index < -0.39 is 24.1 Å². The summed E-state index contributed by atoms with van der Waals surface area (Å²) in [6, 6.07) is 9.56. The molecule has 2 heterocycles. The van der Waals surface area contributed by atoms with Gasteiger partial charge >= 0.3 is 5.97 Å². The molecule has 0 aromatic heterocycles. The predicted octanol–water partition coefficient (Wildman–Crippen LogP) is 2.69. The Hall–Kier alpha value is -4.11. The Bertz CT molecular complexity index is 1280. The number of phenolic OH excluding ortho intramolecular Hbond substituents is 5. The number of carbonyl (C=O) groups excluding carboxylic acids is 1. The highest BCUT2D eigenvalue weighted by atomic mass is 16.5. The molecule has 0 amide bonds. The molecule has 170 valence electrons. The van der Waals surface area contributed by atoms with Crippen molar-refractivity contribution in [1.29, 1.82) is 0 Å². The maximum Gasteiger partial charge on any atom is 0.312 e. The third kappa shape index (κ3) is 3.42. The van der Waals surface area contributed by atoms with E-state index in [1.165, 1.54) is 36.4 Å². The van der Waals surface area contributed by atoms with Crippen LogP contribution in [0.2, 0.25) is 0 Å². The molecule has 3 aromatic rings. The normalized spacial score (nSPS) is 21.5. The summed E-state index contributed by atoms with van der Waals surface area (Å²) in [6.45, 7) is 0. The lowest BCUT2D eigenvalue weighted by Gasteiger charge is -2.36. The number of carbonyl (C=O) groups is 1. The van der Waals surface area contributed by atoms with Gasteiger partial charge in [0.05, 0.1) is 12.5 Å². The van der Waals surface area contributed by atoms with Gasteiger partial charge in [-0.25, -0.2) is 0 Å². The SMILES string of the molecule is O=C1C[C@@H](c2ccc(O)c(O)c2)c2c(cc(O)c3c2O[C@H](c2ccc(O)c(O)c2)[C@H](O)C3)O1. The highest BCUT2D eigenvalue weighted by Gasteiger charge is 2.40. The zero-order valence-corrected chi connectivity index (χ0v) is 17.1. The monoisotopic (exact) mass is 452 g/mol. The summed E-state index contributed by atoms with van der Waals surface area (Å²) in [7, 11) is 0. The lowest BCUT2D eigenvalue weighted by molar-refractivity contribution is -0.135. The van der Waals surface area contributed by atoms with Crippen molar-refractivity contribution in [3.63, 3.8) is 0 Å². The van der Waals surface area contributed by atoms with Crippen molar-refractivity contribution in [3.05, 3.63) is 64.7 Å². The number of benzene rings is 3. The quantitative estimate of drug-likeness (QED) is 0.195. The number of aromatic hydroxyl groups is 5. The fourth-order valence-corrected chi connectivity index (χ4v) is 4.43. The summed E-state index contributed by atoms with van der Waals surface area (Å²) in [4.78, 5) is 12.3. The Morgan fingerprint density at radius 3 is 2.06 bits per heavy atom. The van der Waals surface area contributed by atoms with E-state index in [1.54, 1.807) is 6.07 Å². The number of aliphatic hydroxyl groups excluding tert-OH is 1. The first kappa shape index (κ1) is 20.8. The van der Waals surface area contributed by atoms with Crippen molar-refractivity contribution in [2.45, 2.75) is 31.0 Å². The number of phenols is 5. The minimum Gasteiger partial charge on any atom is -0.507 e. The smallest absolute Gasteiger partial charge is 0.312 e. The molecule has 33 heavy (non-hydrogen) atoms. The van der Waals surface area contributed by atoms with Gasteiger partial charge in [-0.2, -0.15) is 0 Å². The Kier molecular flexibility index (Phi) is 4.71. The Morgan fingerprint density at radius 1 is 0.758 bits per heavy atom. The molecular weight excluding hydrogens is 432 g/mol. The van der Waals surface area contributed by atoms with E-state index in [2.05, 4.69) is 0 Å². The van der Waals surface area contributed by atoms with Crippen LogP contribution in [0.3, 0.4) is 0 Å². The van der Waals surface area contributed by atoms with E-state index in [1.807, 2.05) is 0 Å². The number of fused-ring (bicyclic) bond motifs is 3. The van der Waals surface area contributed by atoms with Gasteiger partial charge in [-0.05, 0) is 35.4 Å². The Morgan fingerprint density at radius 2 is 1.39 bits per heavy atom. The van der Waals surface area contributed by atoms with Crippen molar-refractivity contribution in [3.8, 4) is 40.2 Å². The number of hydrogen-bond donors (Lipinski definition) is 6. The fourth-order valence-electron chi connectivity index (χ4n) is 4.43. The molecule has 9 heteroatoms. The molecular formula is C24H20O9. The van der Waals surface area contributed by atoms with Crippen LogP contribution >= 0.6 is 0 Å².